The number of amides is 1. The Morgan fingerprint density at radius 2 is 1.82 bits per heavy atom. The van der Waals surface area contributed by atoms with Crippen molar-refractivity contribution in [3.8, 4) is 17.1 Å². The molecule has 5 aromatic rings. The van der Waals surface area contributed by atoms with E-state index in [-0.39, 0.29) is 5.91 Å². The van der Waals surface area contributed by atoms with Crippen molar-refractivity contribution in [2.24, 2.45) is 0 Å². The van der Waals surface area contributed by atoms with Crippen LogP contribution in [0.15, 0.2) is 66.9 Å². The van der Waals surface area contributed by atoms with Gasteiger partial charge >= 0.3 is 0 Å². The molecule has 0 radical (unpaired) electrons. The fourth-order valence-electron chi connectivity index (χ4n) is 5.78. The number of hydrogen-bond acceptors (Lipinski definition) is 9. The van der Waals surface area contributed by atoms with Gasteiger partial charge in [0.05, 0.1) is 37.0 Å². The normalized spacial score (nSPS) is 16.0. The Hall–Kier alpha value is -4.58. The van der Waals surface area contributed by atoms with Gasteiger partial charge in [0.1, 0.15) is 18.2 Å². The molecule has 2 saturated heterocycles. The van der Waals surface area contributed by atoms with Gasteiger partial charge in [-0.15, -0.1) is 0 Å². The van der Waals surface area contributed by atoms with Gasteiger partial charge in [0, 0.05) is 47.3 Å². The summed E-state index contributed by atoms with van der Waals surface area (Å²) in [6.07, 6.45) is 4.33. The first-order valence-corrected chi connectivity index (χ1v) is 15.2. The molecule has 3 aromatic carbocycles. The van der Waals surface area contributed by atoms with Crippen LogP contribution in [0.25, 0.3) is 33.2 Å². The number of nitrogens with zero attached hydrogens (tertiary/aromatic N) is 5. The Bertz CT molecular complexity index is 1760. The molecule has 1 amide bonds. The zero-order valence-electron chi connectivity index (χ0n) is 24.6. The molecule has 4 heterocycles. The van der Waals surface area contributed by atoms with Crippen LogP contribution in [-0.4, -0.2) is 95.0 Å². The summed E-state index contributed by atoms with van der Waals surface area (Å²) in [6, 6.07) is 19.6. The van der Waals surface area contributed by atoms with E-state index in [0.717, 1.165) is 71.5 Å². The van der Waals surface area contributed by atoms with Crippen molar-refractivity contribution < 1.29 is 14.3 Å². The molecule has 2 fully saturated rings. The van der Waals surface area contributed by atoms with Crippen molar-refractivity contribution in [2.75, 3.05) is 69.7 Å². The maximum Gasteiger partial charge on any atom is 0.238 e. The van der Waals surface area contributed by atoms with Crippen LogP contribution >= 0.6 is 0 Å². The Morgan fingerprint density at radius 1 is 0.932 bits per heavy atom. The summed E-state index contributed by atoms with van der Waals surface area (Å²) in [5, 5.41) is 15.5. The number of likely N-dealkylation sites (tertiary alicyclic amines) is 1. The summed E-state index contributed by atoms with van der Waals surface area (Å²) in [6.45, 7) is 6.99. The second-order valence-corrected chi connectivity index (χ2v) is 11.3. The zero-order chi connectivity index (χ0) is 29.7. The second kappa shape index (κ2) is 13.0. The van der Waals surface area contributed by atoms with E-state index in [1.165, 1.54) is 12.8 Å². The maximum absolute atomic E-state index is 12.8. The number of aromatic nitrogens is 4. The molecule has 7 rings (SSSR count). The van der Waals surface area contributed by atoms with Gasteiger partial charge in [0.25, 0.3) is 0 Å². The molecular weight excluding hydrogens is 556 g/mol. The lowest BCUT2D eigenvalue weighted by atomic mass is 10.1. The highest BCUT2D eigenvalue weighted by Crippen LogP contribution is 2.31. The van der Waals surface area contributed by atoms with Crippen molar-refractivity contribution in [1.82, 2.24) is 30.0 Å². The number of rotatable bonds is 10. The van der Waals surface area contributed by atoms with E-state index >= 15 is 0 Å². The zero-order valence-corrected chi connectivity index (χ0v) is 24.6. The number of hydrogen-bond donors (Lipinski definition) is 3. The lowest BCUT2D eigenvalue weighted by Gasteiger charge is -2.25. The third kappa shape index (κ3) is 6.65. The van der Waals surface area contributed by atoms with Gasteiger partial charge in [-0.1, -0.05) is 12.1 Å². The van der Waals surface area contributed by atoms with E-state index < -0.39 is 0 Å². The smallest absolute Gasteiger partial charge is 0.238 e. The summed E-state index contributed by atoms with van der Waals surface area (Å²) in [5.74, 6) is 1.94. The highest BCUT2D eigenvalue weighted by Gasteiger charge is 2.16. The third-order valence-electron chi connectivity index (χ3n) is 8.12. The molecule has 44 heavy (non-hydrogen) atoms. The Labute approximate surface area is 255 Å². The van der Waals surface area contributed by atoms with Crippen molar-refractivity contribution in [1.29, 1.82) is 0 Å². The van der Waals surface area contributed by atoms with Gasteiger partial charge in [-0.25, -0.2) is 9.97 Å². The molecule has 0 aliphatic carbocycles. The first-order chi connectivity index (χ1) is 21.7. The summed E-state index contributed by atoms with van der Waals surface area (Å²) >= 11 is 0. The number of nitrogens with one attached hydrogen (secondary N) is 3. The molecule has 2 aliphatic heterocycles. The molecule has 11 nitrogen and oxygen atoms in total. The summed E-state index contributed by atoms with van der Waals surface area (Å²) < 4.78 is 11.6. The molecule has 226 valence electrons. The molecule has 0 unspecified atom stereocenters. The van der Waals surface area contributed by atoms with Gasteiger partial charge in [-0.2, -0.15) is 5.10 Å². The largest absolute Gasteiger partial charge is 0.492 e. The quantitative estimate of drug-likeness (QED) is 0.213. The Balaban J connectivity index is 1.16. The number of anilines is 3. The Kier molecular flexibility index (Phi) is 8.31. The van der Waals surface area contributed by atoms with Gasteiger partial charge in [-0.3, -0.25) is 19.7 Å². The molecule has 0 saturated carbocycles. The number of carbonyl (C=O) groups excluding carboxylic acids is 1. The van der Waals surface area contributed by atoms with Gasteiger partial charge in [-0.05, 0) is 74.5 Å². The van der Waals surface area contributed by atoms with E-state index in [4.69, 9.17) is 19.4 Å². The molecule has 11 heteroatoms. The number of carbonyl (C=O) groups is 1. The van der Waals surface area contributed by atoms with Crippen LogP contribution in [-0.2, 0) is 9.53 Å². The van der Waals surface area contributed by atoms with Crippen molar-refractivity contribution in [3.63, 3.8) is 0 Å². The molecule has 2 aliphatic rings. The fourth-order valence-corrected chi connectivity index (χ4v) is 5.78. The standard InChI is InChI=1S/C33H36N8O3/c42-31(22-41-12-15-43-16-13-41)35-25-5-3-4-23(18-25)32-37-30-9-7-27(44-17-14-40-10-1-2-11-40)20-28(30)33(38-32)36-26-6-8-29-24(19-26)21-34-39-29/h3-9,18-21H,1-2,10-17,22H2,(H,34,39)(H,35,42)(H,36,37,38). The van der Waals surface area contributed by atoms with Crippen LogP contribution in [0.1, 0.15) is 12.8 Å². The van der Waals surface area contributed by atoms with Crippen molar-refractivity contribution in [3.05, 3.63) is 66.9 Å². The SMILES string of the molecule is O=C(CN1CCOCC1)Nc1cccc(-c2nc(Nc3ccc4[nH]ncc4c3)c3cc(OCCN4CCCC4)ccc3n2)c1. The van der Waals surface area contributed by atoms with Crippen LogP contribution in [0.2, 0.25) is 0 Å². The van der Waals surface area contributed by atoms with Crippen molar-refractivity contribution in [2.45, 2.75) is 12.8 Å². The second-order valence-electron chi connectivity index (χ2n) is 11.3. The van der Waals surface area contributed by atoms with Gasteiger partial charge in [0.2, 0.25) is 5.91 Å². The summed E-state index contributed by atoms with van der Waals surface area (Å²) in [7, 11) is 0. The fraction of sp³-hybridized carbons (Fsp3) is 0.333. The summed E-state index contributed by atoms with van der Waals surface area (Å²) in [4.78, 5) is 27.2. The van der Waals surface area contributed by atoms with Crippen LogP contribution in [0.3, 0.4) is 0 Å². The molecule has 0 spiro atoms. The summed E-state index contributed by atoms with van der Waals surface area (Å²) in [5.41, 5.74) is 4.14. The predicted molar refractivity (Wildman–Crippen MR) is 171 cm³/mol. The average molecular weight is 593 g/mol. The number of morpholine rings is 1. The lowest BCUT2D eigenvalue weighted by molar-refractivity contribution is -0.118. The van der Waals surface area contributed by atoms with Crippen molar-refractivity contribution >= 4 is 44.9 Å². The molecular formula is C33H36N8O3. The van der Waals surface area contributed by atoms with E-state index in [1.807, 2.05) is 60.7 Å². The minimum Gasteiger partial charge on any atom is -0.492 e. The van der Waals surface area contributed by atoms with E-state index in [9.17, 15) is 4.79 Å². The van der Waals surface area contributed by atoms with Crippen LogP contribution in [0.5, 0.6) is 5.75 Å². The highest BCUT2D eigenvalue weighted by molar-refractivity contribution is 5.95. The van der Waals surface area contributed by atoms with E-state index in [2.05, 4.69) is 30.6 Å². The van der Waals surface area contributed by atoms with Crippen LogP contribution in [0, 0.1) is 0 Å². The number of ether oxygens (including phenoxy) is 2. The molecule has 3 N–H and O–H groups in total. The minimum absolute atomic E-state index is 0.0577. The molecule has 2 aromatic heterocycles. The monoisotopic (exact) mass is 592 g/mol. The number of H-pyrrole nitrogens is 1. The first kappa shape index (κ1) is 28.2. The highest BCUT2D eigenvalue weighted by atomic mass is 16.5. The lowest BCUT2D eigenvalue weighted by Crippen LogP contribution is -2.41. The predicted octanol–water partition coefficient (Wildman–Crippen LogP) is 4.66. The van der Waals surface area contributed by atoms with E-state index in [0.29, 0.717) is 43.7 Å². The van der Waals surface area contributed by atoms with Gasteiger partial charge < -0.3 is 20.1 Å². The van der Waals surface area contributed by atoms with Crippen LogP contribution < -0.4 is 15.4 Å². The first-order valence-electron chi connectivity index (χ1n) is 15.2. The number of benzene rings is 3. The molecule has 0 atom stereocenters. The Morgan fingerprint density at radius 3 is 2.70 bits per heavy atom. The number of aromatic amines is 1. The topological polar surface area (TPSA) is 121 Å². The maximum atomic E-state index is 12.8. The van der Waals surface area contributed by atoms with Crippen LogP contribution in [0.4, 0.5) is 17.2 Å². The average Bonchev–Trinajstić information content (AvgIpc) is 3.74. The molecule has 0 bridgehead atoms. The minimum atomic E-state index is -0.0577. The van der Waals surface area contributed by atoms with Gasteiger partial charge in [0.15, 0.2) is 5.82 Å². The van der Waals surface area contributed by atoms with E-state index in [1.54, 1.807) is 6.20 Å². The number of fused-ring (bicyclic) bond motifs is 2. The third-order valence-corrected chi connectivity index (χ3v) is 8.12.